The van der Waals surface area contributed by atoms with Crippen LogP contribution in [-0.2, 0) is 11.2 Å². The Hall–Kier alpha value is -0.870. The fourth-order valence-electron chi connectivity index (χ4n) is 3.41. The number of carboxylic acid groups (broad SMARTS) is 1. The molecule has 2 bridgehead atoms. The average molecular weight is 251 g/mol. The molecule has 0 radical (unpaired) electrons. The number of fused-ring (bicyclic) bond motifs is 2. The van der Waals surface area contributed by atoms with Gasteiger partial charge in [-0.25, -0.2) is 0 Å². The summed E-state index contributed by atoms with van der Waals surface area (Å²) in [4.78, 5) is 13.6. The predicted octanol–water partition coefficient (Wildman–Crippen LogP) is 2.23. The predicted molar refractivity (Wildman–Crippen MR) is 67.3 cm³/mol. The van der Waals surface area contributed by atoms with Gasteiger partial charge < -0.3 is 5.11 Å². The SMILES string of the molecule is O=C(O)C1CC2CCC1N2CCc1ccsc1. The van der Waals surface area contributed by atoms with E-state index in [4.69, 9.17) is 0 Å². The van der Waals surface area contributed by atoms with Crippen LogP contribution in [0.1, 0.15) is 24.8 Å². The molecule has 3 heterocycles. The maximum atomic E-state index is 11.1. The van der Waals surface area contributed by atoms with Gasteiger partial charge in [-0.3, -0.25) is 9.69 Å². The molecule has 2 aliphatic heterocycles. The van der Waals surface area contributed by atoms with E-state index in [9.17, 15) is 9.90 Å². The molecule has 0 aromatic carbocycles. The number of rotatable bonds is 4. The Morgan fingerprint density at radius 3 is 3.06 bits per heavy atom. The van der Waals surface area contributed by atoms with Crippen LogP contribution < -0.4 is 0 Å². The number of carboxylic acids is 1. The third kappa shape index (κ3) is 2.00. The molecule has 0 aliphatic carbocycles. The van der Waals surface area contributed by atoms with Gasteiger partial charge in [-0.1, -0.05) is 0 Å². The lowest BCUT2D eigenvalue weighted by molar-refractivity contribution is -0.142. The van der Waals surface area contributed by atoms with Gasteiger partial charge in [-0.15, -0.1) is 0 Å². The van der Waals surface area contributed by atoms with Crippen LogP contribution in [0, 0.1) is 5.92 Å². The van der Waals surface area contributed by atoms with Gasteiger partial charge in [-0.2, -0.15) is 11.3 Å². The number of hydrogen-bond donors (Lipinski definition) is 1. The van der Waals surface area contributed by atoms with E-state index in [2.05, 4.69) is 21.7 Å². The first-order valence-corrected chi connectivity index (χ1v) is 7.19. The molecule has 92 valence electrons. The number of aliphatic carboxylic acids is 1. The lowest BCUT2D eigenvalue weighted by Crippen LogP contribution is -2.34. The van der Waals surface area contributed by atoms with Gasteiger partial charge in [0.1, 0.15) is 0 Å². The second-order valence-corrected chi connectivity index (χ2v) is 5.88. The van der Waals surface area contributed by atoms with Crippen molar-refractivity contribution in [2.45, 2.75) is 37.8 Å². The summed E-state index contributed by atoms with van der Waals surface area (Å²) in [6.45, 7) is 1.02. The van der Waals surface area contributed by atoms with Crippen molar-refractivity contribution in [3.05, 3.63) is 22.4 Å². The first-order valence-electron chi connectivity index (χ1n) is 6.25. The van der Waals surface area contributed by atoms with Crippen LogP contribution in [0.15, 0.2) is 16.8 Å². The summed E-state index contributed by atoms with van der Waals surface area (Å²) in [7, 11) is 0. The zero-order valence-electron chi connectivity index (χ0n) is 9.71. The van der Waals surface area contributed by atoms with Gasteiger partial charge in [0.2, 0.25) is 0 Å². The van der Waals surface area contributed by atoms with E-state index in [1.807, 2.05) is 0 Å². The molecule has 4 heteroatoms. The highest BCUT2D eigenvalue weighted by Crippen LogP contribution is 2.41. The summed E-state index contributed by atoms with van der Waals surface area (Å²) in [5.41, 5.74) is 1.38. The minimum absolute atomic E-state index is 0.115. The Morgan fingerprint density at radius 2 is 2.41 bits per heavy atom. The molecule has 3 atom stereocenters. The topological polar surface area (TPSA) is 40.5 Å². The molecular weight excluding hydrogens is 234 g/mol. The van der Waals surface area contributed by atoms with Crippen LogP contribution in [-0.4, -0.2) is 34.6 Å². The molecule has 0 spiro atoms. The third-order valence-corrected chi connectivity index (χ3v) is 4.97. The first-order chi connectivity index (χ1) is 8.25. The highest BCUT2D eigenvalue weighted by Gasteiger charge is 2.48. The van der Waals surface area contributed by atoms with Crippen LogP contribution in [0.25, 0.3) is 0 Å². The molecule has 3 nitrogen and oxygen atoms in total. The Morgan fingerprint density at radius 1 is 1.53 bits per heavy atom. The molecule has 1 aromatic heterocycles. The number of thiophene rings is 1. The van der Waals surface area contributed by atoms with Gasteiger partial charge in [0.05, 0.1) is 5.92 Å². The van der Waals surface area contributed by atoms with Gasteiger partial charge in [0.25, 0.3) is 0 Å². The summed E-state index contributed by atoms with van der Waals surface area (Å²) in [5, 5.41) is 13.5. The molecule has 1 N–H and O–H groups in total. The van der Waals surface area contributed by atoms with Crippen molar-refractivity contribution in [1.29, 1.82) is 0 Å². The molecule has 2 aliphatic rings. The second kappa shape index (κ2) is 4.42. The number of hydrogen-bond acceptors (Lipinski definition) is 3. The normalized spacial score (nSPS) is 32.1. The molecule has 1 aromatic rings. The molecule has 0 saturated carbocycles. The lowest BCUT2D eigenvalue weighted by atomic mass is 9.89. The highest BCUT2D eigenvalue weighted by molar-refractivity contribution is 7.07. The van der Waals surface area contributed by atoms with E-state index in [1.54, 1.807) is 11.3 Å². The monoisotopic (exact) mass is 251 g/mol. The second-order valence-electron chi connectivity index (χ2n) is 5.10. The van der Waals surface area contributed by atoms with Gasteiger partial charge in [0.15, 0.2) is 0 Å². The van der Waals surface area contributed by atoms with Crippen LogP contribution >= 0.6 is 11.3 Å². The lowest BCUT2D eigenvalue weighted by Gasteiger charge is -2.22. The van der Waals surface area contributed by atoms with E-state index < -0.39 is 5.97 Å². The Balaban J connectivity index is 1.63. The van der Waals surface area contributed by atoms with E-state index in [-0.39, 0.29) is 5.92 Å². The third-order valence-electron chi connectivity index (χ3n) is 4.24. The Labute approximate surface area is 105 Å². The Kier molecular flexibility index (Phi) is 2.92. The van der Waals surface area contributed by atoms with Crippen molar-refractivity contribution >= 4 is 17.3 Å². The van der Waals surface area contributed by atoms with Crippen LogP contribution in [0.5, 0.6) is 0 Å². The van der Waals surface area contributed by atoms with Gasteiger partial charge in [-0.05, 0) is 48.1 Å². The highest BCUT2D eigenvalue weighted by atomic mass is 32.1. The standard InChI is InChI=1S/C13H17NO2S/c15-13(16)11-7-10-1-2-12(11)14(10)5-3-9-4-6-17-8-9/h4,6,8,10-12H,1-3,5,7H2,(H,15,16). The fourth-order valence-corrected chi connectivity index (χ4v) is 4.11. The molecule has 0 amide bonds. The van der Waals surface area contributed by atoms with Gasteiger partial charge in [0, 0.05) is 18.6 Å². The van der Waals surface area contributed by atoms with E-state index in [1.165, 1.54) is 12.0 Å². The maximum absolute atomic E-state index is 11.1. The fraction of sp³-hybridized carbons (Fsp3) is 0.615. The summed E-state index contributed by atoms with van der Waals surface area (Å²) in [5.74, 6) is -0.714. The van der Waals surface area contributed by atoms with Crippen molar-refractivity contribution in [1.82, 2.24) is 4.90 Å². The van der Waals surface area contributed by atoms with Crippen LogP contribution in [0.4, 0.5) is 0 Å². The molecule has 2 saturated heterocycles. The number of carbonyl (C=O) groups is 1. The smallest absolute Gasteiger partial charge is 0.308 e. The van der Waals surface area contributed by atoms with Crippen molar-refractivity contribution in [3.63, 3.8) is 0 Å². The van der Waals surface area contributed by atoms with E-state index in [0.29, 0.717) is 12.1 Å². The molecular formula is C13H17NO2S. The zero-order chi connectivity index (χ0) is 11.8. The maximum Gasteiger partial charge on any atom is 0.308 e. The van der Waals surface area contributed by atoms with Crippen molar-refractivity contribution < 1.29 is 9.90 Å². The van der Waals surface area contributed by atoms with E-state index >= 15 is 0 Å². The van der Waals surface area contributed by atoms with Gasteiger partial charge >= 0.3 is 5.97 Å². The quantitative estimate of drug-likeness (QED) is 0.892. The molecule has 2 fully saturated rings. The van der Waals surface area contributed by atoms with Crippen LogP contribution in [0.3, 0.4) is 0 Å². The summed E-state index contributed by atoms with van der Waals surface area (Å²) in [6, 6.07) is 2.99. The minimum Gasteiger partial charge on any atom is -0.481 e. The van der Waals surface area contributed by atoms with Crippen molar-refractivity contribution in [2.24, 2.45) is 5.92 Å². The molecule has 17 heavy (non-hydrogen) atoms. The van der Waals surface area contributed by atoms with E-state index in [0.717, 1.165) is 25.8 Å². The zero-order valence-corrected chi connectivity index (χ0v) is 10.5. The van der Waals surface area contributed by atoms with Crippen LogP contribution in [0.2, 0.25) is 0 Å². The molecule has 3 rings (SSSR count). The average Bonchev–Trinajstić information content (AvgIpc) is 3.01. The first kappa shape index (κ1) is 11.2. The molecule has 3 unspecified atom stereocenters. The largest absolute Gasteiger partial charge is 0.481 e. The summed E-state index contributed by atoms with van der Waals surface area (Å²) in [6.07, 6.45) is 4.19. The summed E-state index contributed by atoms with van der Waals surface area (Å²) >= 11 is 1.73. The summed E-state index contributed by atoms with van der Waals surface area (Å²) < 4.78 is 0. The Bertz CT molecular complexity index is 404. The minimum atomic E-state index is -0.599. The van der Waals surface area contributed by atoms with Crippen molar-refractivity contribution in [3.8, 4) is 0 Å². The number of nitrogens with zero attached hydrogens (tertiary/aromatic N) is 1. The van der Waals surface area contributed by atoms with Crippen molar-refractivity contribution in [2.75, 3.05) is 6.54 Å².